The van der Waals surface area contributed by atoms with Gasteiger partial charge in [-0.1, -0.05) is 19.4 Å². The van der Waals surface area contributed by atoms with Crippen LogP contribution in [0.4, 0.5) is 0 Å². The van der Waals surface area contributed by atoms with Crippen molar-refractivity contribution in [2.75, 3.05) is 5.75 Å². The van der Waals surface area contributed by atoms with Crippen LogP contribution >= 0.6 is 11.8 Å². The molecule has 1 aliphatic carbocycles. The number of carbonyl (C=O) groups excluding carboxylic acids is 1. The summed E-state index contributed by atoms with van der Waals surface area (Å²) < 4.78 is 0. The van der Waals surface area contributed by atoms with Crippen molar-refractivity contribution in [2.45, 2.75) is 30.9 Å². The fourth-order valence-corrected chi connectivity index (χ4v) is 2.50. The number of allylic oxidation sites excluding steroid dienone is 1. The lowest BCUT2D eigenvalue weighted by Crippen LogP contribution is -2.02. The summed E-state index contributed by atoms with van der Waals surface area (Å²) >= 11 is 1.80. The first kappa shape index (κ1) is 8.85. The Morgan fingerprint density at radius 1 is 1.55 bits per heavy atom. The molecule has 0 amide bonds. The molecule has 1 rings (SSSR count). The maximum Gasteiger partial charge on any atom is 0.164 e. The molecule has 11 heavy (non-hydrogen) atoms. The molecule has 0 bridgehead atoms. The second kappa shape index (κ2) is 4.60. The SMILES string of the molecule is C=CC(=O)CSC1CCCC1. The van der Waals surface area contributed by atoms with Crippen LogP contribution in [0.5, 0.6) is 0 Å². The Morgan fingerprint density at radius 3 is 2.73 bits per heavy atom. The molecule has 0 spiro atoms. The molecular weight excluding hydrogens is 156 g/mol. The van der Waals surface area contributed by atoms with Gasteiger partial charge in [0, 0.05) is 5.25 Å². The van der Waals surface area contributed by atoms with Gasteiger partial charge in [-0.25, -0.2) is 0 Å². The molecule has 0 N–H and O–H groups in total. The Morgan fingerprint density at radius 2 is 2.18 bits per heavy atom. The second-order valence-electron chi connectivity index (χ2n) is 2.89. The van der Waals surface area contributed by atoms with E-state index in [1.165, 1.54) is 31.8 Å². The predicted molar refractivity (Wildman–Crippen MR) is 49.9 cm³/mol. The van der Waals surface area contributed by atoms with Crippen LogP contribution in [0.3, 0.4) is 0 Å². The molecular formula is C9H14OS. The molecule has 0 atom stereocenters. The van der Waals surface area contributed by atoms with Gasteiger partial charge in [0.15, 0.2) is 5.78 Å². The Kier molecular flexibility index (Phi) is 3.70. The molecule has 0 aromatic heterocycles. The van der Waals surface area contributed by atoms with Crippen molar-refractivity contribution in [3.8, 4) is 0 Å². The van der Waals surface area contributed by atoms with Crippen molar-refractivity contribution in [3.63, 3.8) is 0 Å². The molecule has 0 aromatic rings. The third-order valence-electron chi connectivity index (χ3n) is 1.99. The van der Waals surface area contributed by atoms with Gasteiger partial charge in [-0.05, 0) is 18.9 Å². The Balaban J connectivity index is 2.10. The lowest BCUT2D eigenvalue weighted by atomic mass is 10.4. The van der Waals surface area contributed by atoms with Gasteiger partial charge in [-0.3, -0.25) is 4.79 Å². The van der Waals surface area contributed by atoms with Crippen LogP contribution in [0.1, 0.15) is 25.7 Å². The molecule has 0 unspecified atom stereocenters. The van der Waals surface area contributed by atoms with E-state index in [0.717, 1.165) is 5.25 Å². The van der Waals surface area contributed by atoms with Crippen LogP contribution in [0.25, 0.3) is 0 Å². The molecule has 0 saturated heterocycles. The average Bonchev–Trinajstić information content (AvgIpc) is 2.52. The van der Waals surface area contributed by atoms with Gasteiger partial charge in [-0.15, -0.1) is 0 Å². The Hall–Kier alpha value is -0.240. The van der Waals surface area contributed by atoms with E-state index in [2.05, 4.69) is 6.58 Å². The third kappa shape index (κ3) is 3.10. The summed E-state index contributed by atoms with van der Waals surface area (Å²) in [5, 5.41) is 0.749. The van der Waals surface area contributed by atoms with Gasteiger partial charge in [0.25, 0.3) is 0 Å². The average molecular weight is 170 g/mol. The number of hydrogen-bond acceptors (Lipinski definition) is 2. The van der Waals surface area contributed by atoms with Crippen LogP contribution in [0.15, 0.2) is 12.7 Å². The lowest BCUT2D eigenvalue weighted by molar-refractivity contribution is -0.112. The van der Waals surface area contributed by atoms with Crippen molar-refractivity contribution >= 4 is 17.5 Å². The number of rotatable bonds is 4. The minimum atomic E-state index is 0.168. The van der Waals surface area contributed by atoms with E-state index >= 15 is 0 Å². The summed E-state index contributed by atoms with van der Waals surface area (Å²) in [7, 11) is 0. The normalized spacial score (nSPS) is 18.5. The number of ketones is 1. The number of thioether (sulfide) groups is 1. The highest BCUT2D eigenvalue weighted by atomic mass is 32.2. The summed E-state index contributed by atoms with van der Waals surface area (Å²) in [5.74, 6) is 0.802. The fourth-order valence-electron chi connectivity index (χ4n) is 1.31. The summed E-state index contributed by atoms with van der Waals surface area (Å²) in [6.45, 7) is 3.44. The van der Waals surface area contributed by atoms with Crippen molar-refractivity contribution in [3.05, 3.63) is 12.7 Å². The van der Waals surface area contributed by atoms with Crippen LogP contribution < -0.4 is 0 Å². The molecule has 1 fully saturated rings. The molecule has 1 saturated carbocycles. The highest BCUT2D eigenvalue weighted by Crippen LogP contribution is 2.29. The third-order valence-corrected chi connectivity index (χ3v) is 3.39. The summed E-state index contributed by atoms with van der Waals surface area (Å²) in [5.41, 5.74) is 0. The van der Waals surface area contributed by atoms with Gasteiger partial charge >= 0.3 is 0 Å². The minimum Gasteiger partial charge on any atom is -0.294 e. The zero-order chi connectivity index (χ0) is 8.10. The van der Waals surface area contributed by atoms with Crippen molar-refractivity contribution in [1.82, 2.24) is 0 Å². The number of hydrogen-bond donors (Lipinski definition) is 0. The Bertz CT molecular complexity index is 148. The first-order valence-electron chi connectivity index (χ1n) is 4.10. The lowest BCUT2D eigenvalue weighted by Gasteiger charge is -2.05. The summed E-state index contributed by atoms with van der Waals surface area (Å²) in [6.07, 6.45) is 6.71. The van der Waals surface area contributed by atoms with Gasteiger partial charge in [0.05, 0.1) is 5.75 Å². The van der Waals surface area contributed by atoms with Crippen LogP contribution in [-0.2, 0) is 4.79 Å². The molecule has 0 heterocycles. The van der Waals surface area contributed by atoms with Crippen molar-refractivity contribution in [2.24, 2.45) is 0 Å². The van der Waals surface area contributed by atoms with Gasteiger partial charge < -0.3 is 0 Å². The summed E-state index contributed by atoms with van der Waals surface area (Å²) in [4.78, 5) is 10.8. The maximum atomic E-state index is 10.8. The van der Waals surface area contributed by atoms with E-state index in [9.17, 15) is 4.79 Å². The molecule has 0 aliphatic heterocycles. The van der Waals surface area contributed by atoms with Crippen LogP contribution in [-0.4, -0.2) is 16.8 Å². The fraction of sp³-hybridized carbons (Fsp3) is 0.667. The topological polar surface area (TPSA) is 17.1 Å². The van der Waals surface area contributed by atoms with Crippen molar-refractivity contribution in [1.29, 1.82) is 0 Å². The smallest absolute Gasteiger partial charge is 0.164 e. The van der Waals surface area contributed by atoms with E-state index in [1.807, 2.05) is 0 Å². The van der Waals surface area contributed by atoms with E-state index in [1.54, 1.807) is 11.8 Å². The van der Waals surface area contributed by atoms with Gasteiger partial charge in [0.2, 0.25) is 0 Å². The quantitative estimate of drug-likeness (QED) is 0.603. The van der Waals surface area contributed by atoms with E-state index in [-0.39, 0.29) is 5.78 Å². The zero-order valence-corrected chi connectivity index (χ0v) is 7.53. The molecule has 0 aromatic carbocycles. The van der Waals surface area contributed by atoms with Crippen molar-refractivity contribution < 1.29 is 4.79 Å². The molecule has 1 aliphatic rings. The van der Waals surface area contributed by atoms with Crippen LogP contribution in [0, 0.1) is 0 Å². The zero-order valence-electron chi connectivity index (χ0n) is 6.71. The monoisotopic (exact) mass is 170 g/mol. The summed E-state index contributed by atoms with van der Waals surface area (Å²) in [6, 6.07) is 0. The molecule has 62 valence electrons. The van der Waals surface area contributed by atoms with E-state index < -0.39 is 0 Å². The molecule has 2 heteroatoms. The highest BCUT2D eigenvalue weighted by molar-refractivity contribution is 8.00. The van der Waals surface area contributed by atoms with Gasteiger partial charge in [-0.2, -0.15) is 11.8 Å². The van der Waals surface area contributed by atoms with Crippen LogP contribution in [0.2, 0.25) is 0 Å². The van der Waals surface area contributed by atoms with E-state index in [0.29, 0.717) is 5.75 Å². The molecule has 0 radical (unpaired) electrons. The molecule has 1 nitrogen and oxygen atoms in total. The highest BCUT2D eigenvalue weighted by Gasteiger charge is 2.15. The Labute approximate surface area is 72.2 Å². The maximum absolute atomic E-state index is 10.8. The first-order valence-corrected chi connectivity index (χ1v) is 5.14. The van der Waals surface area contributed by atoms with Gasteiger partial charge in [0.1, 0.15) is 0 Å². The minimum absolute atomic E-state index is 0.168. The predicted octanol–water partition coefficient (Wildman–Crippen LogP) is 2.42. The van der Waals surface area contributed by atoms with E-state index in [4.69, 9.17) is 0 Å². The largest absolute Gasteiger partial charge is 0.294 e. The number of carbonyl (C=O) groups is 1. The standard InChI is InChI=1S/C9H14OS/c1-2-8(10)7-11-9-5-3-4-6-9/h2,9H,1,3-7H2. The first-order chi connectivity index (χ1) is 5.33. The second-order valence-corrected chi connectivity index (χ2v) is 4.18.